The first-order valence-corrected chi connectivity index (χ1v) is 5.36. The molecule has 0 bridgehead atoms. The highest BCUT2D eigenvalue weighted by Crippen LogP contribution is 2.19. The van der Waals surface area contributed by atoms with Crippen LogP contribution in [-0.2, 0) is 9.53 Å². The van der Waals surface area contributed by atoms with Crippen LogP contribution in [-0.4, -0.2) is 19.6 Å². The molecule has 1 rings (SSSR count). The lowest BCUT2D eigenvalue weighted by Crippen LogP contribution is -2.05. The molecule has 0 saturated heterocycles. The first kappa shape index (κ1) is 13.5. The Morgan fingerprint density at radius 2 is 2.29 bits per heavy atom. The highest BCUT2D eigenvalue weighted by Gasteiger charge is 2.02. The Labute approximate surface area is 104 Å². The lowest BCUT2D eigenvalue weighted by molar-refractivity contribution is -0.136. The smallest absolute Gasteiger partial charge is 0.333 e. The average molecular weight is 258 g/mol. The maximum atomic E-state index is 12.9. The normalized spacial score (nSPS) is 11.2. The van der Waals surface area contributed by atoms with Gasteiger partial charge in [-0.15, -0.1) is 0 Å². The van der Waals surface area contributed by atoms with Crippen LogP contribution < -0.4 is 5.32 Å². The number of hydrogen-bond donors (Lipinski definition) is 1. The molecule has 3 nitrogen and oxygen atoms in total. The quantitative estimate of drug-likeness (QED) is 0.666. The van der Waals surface area contributed by atoms with Crippen LogP contribution in [0, 0.1) is 5.82 Å². The summed E-state index contributed by atoms with van der Waals surface area (Å²) in [6, 6.07) is 4.34. The Kier molecular flexibility index (Phi) is 4.97. The lowest BCUT2D eigenvalue weighted by atomic mass is 10.2. The fourth-order valence-corrected chi connectivity index (χ4v) is 1.35. The van der Waals surface area contributed by atoms with Crippen LogP contribution >= 0.6 is 11.6 Å². The van der Waals surface area contributed by atoms with E-state index < -0.39 is 5.82 Å². The minimum Gasteiger partial charge on any atom is -0.466 e. The van der Waals surface area contributed by atoms with E-state index in [4.69, 9.17) is 11.6 Å². The van der Waals surface area contributed by atoms with Gasteiger partial charge in [0.25, 0.3) is 0 Å². The highest BCUT2D eigenvalue weighted by atomic mass is 35.5. The molecule has 5 heteroatoms. The highest BCUT2D eigenvalue weighted by molar-refractivity contribution is 6.31. The number of hydrogen-bond acceptors (Lipinski definition) is 3. The molecular formula is C12H13ClFNO2. The zero-order valence-corrected chi connectivity index (χ0v) is 10.3. The third kappa shape index (κ3) is 4.07. The summed E-state index contributed by atoms with van der Waals surface area (Å²) in [5.74, 6) is -0.831. The fraction of sp³-hybridized carbons (Fsp3) is 0.250. The van der Waals surface area contributed by atoms with Crippen LogP contribution in [0.2, 0.25) is 5.02 Å². The maximum Gasteiger partial charge on any atom is 0.333 e. The summed E-state index contributed by atoms with van der Waals surface area (Å²) in [4.78, 5) is 11.1. The van der Waals surface area contributed by atoms with Crippen molar-refractivity contribution in [2.24, 2.45) is 0 Å². The number of ether oxygens (including phenoxy) is 1. The Morgan fingerprint density at radius 1 is 1.59 bits per heavy atom. The summed E-state index contributed by atoms with van der Waals surface area (Å²) in [6.07, 6.45) is 1.68. The van der Waals surface area contributed by atoms with Crippen LogP contribution in [0.5, 0.6) is 0 Å². The van der Waals surface area contributed by atoms with Gasteiger partial charge in [0, 0.05) is 17.8 Å². The van der Waals surface area contributed by atoms with E-state index in [1.165, 1.54) is 19.2 Å². The zero-order valence-electron chi connectivity index (χ0n) is 9.59. The standard InChI is InChI=1S/C12H13ClFNO2/c1-8(12(16)17-2)5-6-15-9-3-4-11(14)10(13)7-9/h3-5,7,15H,6H2,1-2H3/b8-5+. The molecule has 0 spiro atoms. The van der Waals surface area contributed by atoms with Crippen molar-refractivity contribution in [2.75, 3.05) is 19.0 Å². The van der Waals surface area contributed by atoms with E-state index in [0.717, 1.165) is 0 Å². The number of nitrogens with one attached hydrogen (secondary N) is 1. The monoisotopic (exact) mass is 257 g/mol. The van der Waals surface area contributed by atoms with Crippen LogP contribution in [0.25, 0.3) is 0 Å². The summed E-state index contributed by atoms with van der Waals surface area (Å²) in [6.45, 7) is 2.09. The number of anilines is 1. The van der Waals surface area contributed by atoms with E-state index >= 15 is 0 Å². The van der Waals surface area contributed by atoms with E-state index in [0.29, 0.717) is 17.8 Å². The van der Waals surface area contributed by atoms with Gasteiger partial charge < -0.3 is 10.1 Å². The van der Waals surface area contributed by atoms with Crippen LogP contribution in [0.4, 0.5) is 10.1 Å². The van der Waals surface area contributed by atoms with Crippen LogP contribution in [0.15, 0.2) is 29.8 Å². The molecule has 0 unspecified atom stereocenters. The Morgan fingerprint density at radius 3 is 2.88 bits per heavy atom. The molecule has 0 aliphatic rings. The van der Waals surface area contributed by atoms with Crippen molar-refractivity contribution >= 4 is 23.3 Å². The van der Waals surface area contributed by atoms with Crippen molar-refractivity contribution in [3.05, 3.63) is 40.7 Å². The van der Waals surface area contributed by atoms with Crippen molar-refractivity contribution in [3.63, 3.8) is 0 Å². The predicted octanol–water partition coefficient (Wildman–Crippen LogP) is 3.01. The number of halogens is 2. The SMILES string of the molecule is COC(=O)/C(C)=C/CNc1ccc(F)c(Cl)c1. The van der Waals surface area contributed by atoms with E-state index in [1.807, 2.05) is 0 Å². The van der Waals surface area contributed by atoms with Gasteiger partial charge in [0.15, 0.2) is 0 Å². The second-order valence-corrected chi connectivity index (χ2v) is 3.80. The van der Waals surface area contributed by atoms with Crippen LogP contribution in [0.3, 0.4) is 0 Å². The van der Waals surface area contributed by atoms with Crippen molar-refractivity contribution < 1.29 is 13.9 Å². The third-order valence-corrected chi connectivity index (χ3v) is 2.43. The van der Waals surface area contributed by atoms with Gasteiger partial charge in [0.1, 0.15) is 5.82 Å². The molecular weight excluding hydrogens is 245 g/mol. The Hall–Kier alpha value is -1.55. The average Bonchev–Trinajstić information content (AvgIpc) is 2.32. The minimum atomic E-state index is -0.460. The largest absolute Gasteiger partial charge is 0.466 e. The minimum absolute atomic E-state index is 0.0590. The zero-order chi connectivity index (χ0) is 12.8. The number of carbonyl (C=O) groups excluding carboxylic acids is 1. The molecule has 0 heterocycles. The number of rotatable bonds is 4. The molecule has 1 N–H and O–H groups in total. The molecule has 0 radical (unpaired) electrons. The topological polar surface area (TPSA) is 38.3 Å². The molecule has 0 aliphatic heterocycles. The molecule has 17 heavy (non-hydrogen) atoms. The molecule has 0 aromatic heterocycles. The van der Waals surface area contributed by atoms with E-state index in [1.54, 1.807) is 19.1 Å². The van der Waals surface area contributed by atoms with Gasteiger partial charge in [0.05, 0.1) is 12.1 Å². The van der Waals surface area contributed by atoms with E-state index in [2.05, 4.69) is 10.1 Å². The van der Waals surface area contributed by atoms with Crippen LogP contribution in [0.1, 0.15) is 6.92 Å². The maximum absolute atomic E-state index is 12.9. The van der Waals surface area contributed by atoms with Gasteiger partial charge in [-0.25, -0.2) is 9.18 Å². The molecule has 0 amide bonds. The summed E-state index contributed by atoms with van der Waals surface area (Å²) < 4.78 is 17.4. The van der Waals surface area contributed by atoms with Gasteiger partial charge in [-0.1, -0.05) is 17.7 Å². The van der Waals surface area contributed by atoms with E-state index in [9.17, 15) is 9.18 Å². The summed E-state index contributed by atoms with van der Waals surface area (Å²) in [7, 11) is 1.33. The second kappa shape index (κ2) is 6.25. The lowest BCUT2D eigenvalue weighted by Gasteiger charge is -2.05. The van der Waals surface area contributed by atoms with Crippen molar-refractivity contribution in [2.45, 2.75) is 6.92 Å². The summed E-state index contributed by atoms with van der Waals surface area (Å²) in [5, 5.41) is 3.05. The Balaban J connectivity index is 2.56. The van der Waals surface area contributed by atoms with Crippen molar-refractivity contribution in [1.82, 2.24) is 0 Å². The third-order valence-electron chi connectivity index (χ3n) is 2.14. The molecule has 1 aromatic rings. The molecule has 1 aromatic carbocycles. The second-order valence-electron chi connectivity index (χ2n) is 3.39. The number of esters is 1. The van der Waals surface area contributed by atoms with Gasteiger partial charge in [-0.2, -0.15) is 0 Å². The first-order chi connectivity index (χ1) is 8.04. The molecule has 0 aliphatic carbocycles. The summed E-state index contributed by atoms with van der Waals surface area (Å²) in [5.41, 5.74) is 1.19. The number of methoxy groups -OCH3 is 1. The molecule has 0 atom stereocenters. The van der Waals surface area contributed by atoms with Crippen molar-refractivity contribution in [3.8, 4) is 0 Å². The molecule has 0 fully saturated rings. The first-order valence-electron chi connectivity index (χ1n) is 4.98. The van der Waals surface area contributed by atoms with Gasteiger partial charge in [-0.05, 0) is 25.1 Å². The van der Waals surface area contributed by atoms with Gasteiger partial charge in [-0.3, -0.25) is 0 Å². The number of benzene rings is 1. The van der Waals surface area contributed by atoms with Gasteiger partial charge >= 0.3 is 5.97 Å². The van der Waals surface area contributed by atoms with Crippen molar-refractivity contribution in [1.29, 1.82) is 0 Å². The number of carbonyl (C=O) groups is 1. The predicted molar refractivity (Wildman–Crippen MR) is 65.7 cm³/mol. The fourth-order valence-electron chi connectivity index (χ4n) is 1.17. The molecule has 92 valence electrons. The summed E-state index contributed by atoms with van der Waals surface area (Å²) >= 11 is 5.62. The Bertz CT molecular complexity index is 446. The van der Waals surface area contributed by atoms with Gasteiger partial charge in [0.2, 0.25) is 0 Å². The molecule has 0 saturated carbocycles. The van der Waals surface area contributed by atoms with E-state index in [-0.39, 0.29) is 11.0 Å².